The minimum absolute atomic E-state index is 0.905. The lowest BCUT2D eigenvalue weighted by Crippen LogP contribution is -1.94. The van der Waals surface area contributed by atoms with Gasteiger partial charge in [0.1, 0.15) is 6.21 Å². The molecule has 0 spiro atoms. The molecule has 0 amide bonds. The summed E-state index contributed by atoms with van der Waals surface area (Å²) in [5.74, 6) is 0. The molecule has 0 fully saturated rings. The molecular weight excluding hydrogens is 180 g/mol. The molecule has 0 aromatic rings. The van der Waals surface area contributed by atoms with E-state index in [2.05, 4.69) is 25.9 Å². The zero-order valence-electron chi connectivity index (χ0n) is 4.66. The topological polar surface area (TPSA) is 26.5 Å². The number of aliphatic imine (C=N–C) groups is 2. The Hall–Kier alpha value is -0.700. The molecule has 45 valence electrons. The average Bonchev–Trinajstić information content (AvgIpc) is 1.91. The van der Waals surface area contributed by atoms with Crippen molar-refractivity contribution in [3.05, 3.63) is 22.8 Å². The number of allylic oxidation sites excluding steroid dienone is 2. The highest BCUT2D eigenvalue weighted by atomic mass is 79.9. The summed E-state index contributed by atoms with van der Waals surface area (Å²) >= 11 is 3.15. The van der Waals surface area contributed by atoms with Crippen molar-refractivity contribution in [2.75, 3.05) is 0 Å². The van der Waals surface area contributed by atoms with Crippen molar-refractivity contribution in [1.82, 2.24) is 4.99 Å². The summed E-state index contributed by atoms with van der Waals surface area (Å²) in [6.45, 7) is 0. The van der Waals surface area contributed by atoms with Crippen LogP contribution in [-0.4, -0.2) is 12.6 Å². The predicted molar refractivity (Wildman–Crippen MR) is 42.8 cm³/mol. The van der Waals surface area contributed by atoms with Crippen LogP contribution < -0.4 is 4.99 Å². The maximum atomic E-state index is 3.94. The normalized spacial score (nSPS) is 16.8. The van der Waals surface area contributed by atoms with Gasteiger partial charge in [-0.15, -0.1) is 0 Å². The van der Waals surface area contributed by atoms with Crippen molar-refractivity contribution < 1.29 is 0 Å². The molecule has 0 bridgehead atoms. The van der Waals surface area contributed by atoms with Crippen molar-refractivity contribution >= 4 is 28.5 Å². The summed E-state index contributed by atoms with van der Waals surface area (Å²) < 4.78 is 0. The van der Waals surface area contributed by atoms with Gasteiger partial charge in [0.2, 0.25) is 0 Å². The van der Waals surface area contributed by atoms with E-state index in [9.17, 15) is 0 Å². The fraction of sp³-hybridized carbons (Fsp3) is 0. The predicted octanol–water partition coefficient (Wildman–Crippen LogP) is 1.23. The van der Waals surface area contributed by atoms with E-state index >= 15 is 0 Å². The first-order chi connectivity index (χ1) is 4.43. The molecular formula is C6H5BrN2+. The van der Waals surface area contributed by atoms with E-state index in [4.69, 9.17) is 0 Å². The number of halogens is 1. The molecule has 1 rings (SSSR count). The third-order valence-corrected chi connectivity index (χ3v) is 1.10. The molecule has 1 radical (unpaired) electrons. The minimum Gasteiger partial charge on any atom is -0.0593 e. The first-order valence-corrected chi connectivity index (χ1v) is 3.38. The molecule has 1 aliphatic rings. The molecule has 0 atom stereocenters. The van der Waals surface area contributed by atoms with Gasteiger partial charge in [-0.25, -0.2) is 0 Å². The van der Waals surface area contributed by atoms with Crippen LogP contribution >= 0.6 is 15.9 Å². The maximum absolute atomic E-state index is 3.94. The van der Waals surface area contributed by atoms with Gasteiger partial charge in [0.25, 0.3) is 0 Å². The Morgan fingerprint density at radius 1 is 1.67 bits per heavy atom. The SMILES string of the molecule is BrC=CC1=CC=NC=[N+]1. The molecule has 9 heavy (non-hydrogen) atoms. The third kappa shape index (κ3) is 1.93. The van der Waals surface area contributed by atoms with E-state index < -0.39 is 0 Å². The molecule has 1 aliphatic heterocycles. The van der Waals surface area contributed by atoms with Gasteiger partial charge in [-0.1, -0.05) is 20.9 Å². The van der Waals surface area contributed by atoms with E-state index in [0.29, 0.717) is 0 Å². The summed E-state index contributed by atoms with van der Waals surface area (Å²) in [7, 11) is 0. The second kappa shape index (κ2) is 3.35. The molecule has 0 saturated heterocycles. The van der Waals surface area contributed by atoms with Crippen molar-refractivity contribution in [2.24, 2.45) is 4.99 Å². The monoisotopic (exact) mass is 184 g/mol. The van der Waals surface area contributed by atoms with Gasteiger partial charge in [0, 0.05) is 6.08 Å². The first kappa shape index (κ1) is 6.42. The van der Waals surface area contributed by atoms with Crippen LogP contribution in [0.3, 0.4) is 0 Å². The van der Waals surface area contributed by atoms with Crippen molar-refractivity contribution in [3.63, 3.8) is 0 Å². The van der Waals surface area contributed by atoms with Gasteiger partial charge >= 0.3 is 6.34 Å². The Balaban J connectivity index is 2.72. The van der Waals surface area contributed by atoms with Gasteiger partial charge < -0.3 is 0 Å². The Labute approximate surface area is 61.8 Å². The Kier molecular flexibility index (Phi) is 2.39. The lowest BCUT2D eigenvalue weighted by Gasteiger charge is -1.79. The Morgan fingerprint density at radius 3 is 3.11 bits per heavy atom. The molecule has 2 nitrogen and oxygen atoms in total. The number of rotatable bonds is 1. The van der Waals surface area contributed by atoms with Gasteiger partial charge in [0.15, 0.2) is 5.70 Å². The van der Waals surface area contributed by atoms with Gasteiger partial charge in [-0.05, 0) is 16.1 Å². The summed E-state index contributed by atoms with van der Waals surface area (Å²) in [4.78, 5) is 9.47. The highest BCUT2D eigenvalue weighted by Gasteiger charge is 1.97. The Morgan fingerprint density at radius 2 is 2.56 bits per heavy atom. The van der Waals surface area contributed by atoms with Crippen LogP contribution in [-0.2, 0) is 0 Å². The summed E-state index contributed by atoms with van der Waals surface area (Å²) in [5, 5.41) is 0. The molecule has 0 N–H and O–H groups in total. The largest absolute Gasteiger partial charge is 0.327 e. The fourth-order valence-electron chi connectivity index (χ4n) is 0.464. The van der Waals surface area contributed by atoms with Crippen LogP contribution in [0.4, 0.5) is 0 Å². The van der Waals surface area contributed by atoms with E-state index in [-0.39, 0.29) is 0 Å². The van der Waals surface area contributed by atoms with E-state index in [1.165, 1.54) is 6.34 Å². The highest BCUT2D eigenvalue weighted by molar-refractivity contribution is 9.11. The molecule has 0 aromatic heterocycles. The van der Waals surface area contributed by atoms with Crippen molar-refractivity contribution in [1.29, 1.82) is 0 Å². The van der Waals surface area contributed by atoms with E-state index in [1.807, 2.05) is 12.2 Å². The molecule has 0 saturated carbocycles. The molecule has 0 aromatic carbocycles. The molecule has 3 heteroatoms. The zero-order chi connectivity index (χ0) is 6.53. The van der Waals surface area contributed by atoms with Crippen LogP contribution in [0.5, 0.6) is 0 Å². The van der Waals surface area contributed by atoms with Gasteiger partial charge in [-0.2, -0.15) is 0 Å². The molecule has 0 unspecified atom stereocenters. The molecule has 1 heterocycles. The maximum Gasteiger partial charge on any atom is 0.327 e. The van der Waals surface area contributed by atoms with Crippen LogP contribution in [0.25, 0.3) is 0 Å². The lowest BCUT2D eigenvalue weighted by molar-refractivity contribution is 1.26. The number of hydrogen-bond donors (Lipinski definition) is 0. The highest BCUT2D eigenvalue weighted by Crippen LogP contribution is 1.94. The standard InChI is InChI=1S/C6H5BrN2/c7-3-1-6-2-4-8-5-9-6/h1-5H/q+1. The summed E-state index contributed by atoms with van der Waals surface area (Å²) in [5.41, 5.74) is 0.905. The van der Waals surface area contributed by atoms with Crippen LogP contribution in [0.1, 0.15) is 0 Å². The second-order valence-electron chi connectivity index (χ2n) is 1.43. The van der Waals surface area contributed by atoms with E-state index in [0.717, 1.165) is 5.70 Å². The number of nitrogens with zero attached hydrogens (tertiary/aromatic N) is 2. The number of hydrogen-bond acceptors (Lipinski definition) is 2. The fourth-order valence-corrected chi connectivity index (χ4v) is 0.735. The third-order valence-electron chi connectivity index (χ3n) is 0.839. The van der Waals surface area contributed by atoms with Crippen molar-refractivity contribution in [3.8, 4) is 0 Å². The molecule has 0 aliphatic carbocycles. The first-order valence-electron chi connectivity index (χ1n) is 2.46. The van der Waals surface area contributed by atoms with Crippen molar-refractivity contribution in [2.45, 2.75) is 0 Å². The van der Waals surface area contributed by atoms with Crippen LogP contribution in [0.2, 0.25) is 0 Å². The summed E-state index contributed by atoms with van der Waals surface area (Å²) in [6.07, 6.45) is 6.90. The van der Waals surface area contributed by atoms with Crippen LogP contribution in [0, 0.1) is 0 Å². The Bertz CT molecular complexity index is 201. The quantitative estimate of drug-likeness (QED) is 0.587. The minimum atomic E-state index is 0.905. The smallest absolute Gasteiger partial charge is 0.0593 e. The van der Waals surface area contributed by atoms with Gasteiger partial charge in [0.05, 0.1) is 0 Å². The lowest BCUT2D eigenvalue weighted by atomic mass is 10.4. The van der Waals surface area contributed by atoms with Gasteiger partial charge in [-0.3, -0.25) is 0 Å². The average molecular weight is 185 g/mol. The second-order valence-corrected chi connectivity index (χ2v) is 1.96. The zero-order valence-corrected chi connectivity index (χ0v) is 6.25. The van der Waals surface area contributed by atoms with Crippen LogP contribution in [0.15, 0.2) is 27.8 Å². The summed E-state index contributed by atoms with van der Waals surface area (Å²) in [6, 6.07) is 0. The van der Waals surface area contributed by atoms with E-state index in [1.54, 1.807) is 11.2 Å².